The van der Waals surface area contributed by atoms with Crippen molar-refractivity contribution in [2.75, 3.05) is 37.4 Å². The van der Waals surface area contributed by atoms with Crippen molar-refractivity contribution in [1.82, 2.24) is 9.97 Å². The van der Waals surface area contributed by atoms with Crippen LogP contribution >= 0.6 is 11.6 Å². The van der Waals surface area contributed by atoms with E-state index < -0.39 is 15.4 Å². The van der Waals surface area contributed by atoms with Gasteiger partial charge in [0.2, 0.25) is 16.0 Å². The molecule has 0 aliphatic heterocycles. The molecular weight excluding hydrogens is 532 g/mol. The fourth-order valence-electron chi connectivity index (χ4n) is 3.54. The number of aromatic nitrogens is 2. The average molecular weight is 561 g/mol. The second kappa shape index (κ2) is 12.9. The van der Waals surface area contributed by atoms with Crippen LogP contribution in [0.1, 0.15) is 36.2 Å². The molecule has 0 spiro atoms. The van der Waals surface area contributed by atoms with Gasteiger partial charge in [-0.25, -0.2) is 18.4 Å². The van der Waals surface area contributed by atoms with Gasteiger partial charge < -0.3 is 19.3 Å². The molecule has 2 N–H and O–H groups in total. The lowest BCUT2D eigenvalue weighted by Gasteiger charge is -2.27. The Bertz CT molecular complexity index is 1390. The van der Waals surface area contributed by atoms with Crippen LogP contribution in [-0.4, -0.2) is 56.2 Å². The number of nitrogens with zero attached hydrogens (tertiary/aromatic N) is 3. The maximum atomic E-state index is 11.4. The third-order valence-electron chi connectivity index (χ3n) is 5.55. The summed E-state index contributed by atoms with van der Waals surface area (Å²) in [5.41, 5.74) is 2.14. The standard InChI is InChI=1S/C26H29ClN4O6S/c1-26(2,20-14-18(16-28)24(23(27)15-20)36-13-12-35-11-10-32)19-4-6-22(7-5-19)37-17-21-8-9-29-25(30-21)31-38(3,33)34/h4-9,14-15,32H,10-13,17H2,1-3H3,(H,29,30,31). The average Bonchev–Trinajstić information content (AvgIpc) is 2.87. The van der Waals surface area contributed by atoms with Crippen LogP contribution in [0.5, 0.6) is 11.5 Å². The van der Waals surface area contributed by atoms with Crippen molar-refractivity contribution < 1.29 is 27.7 Å². The summed E-state index contributed by atoms with van der Waals surface area (Å²) in [4.78, 5) is 8.03. The number of rotatable bonds is 13. The molecule has 3 rings (SSSR count). The number of nitrogens with one attached hydrogen (secondary N) is 1. The number of halogens is 1. The lowest BCUT2D eigenvalue weighted by atomic mass is 9.77. The third kappa shape index (κ3) is 8.03. The van der Waals surface area contributed by atoms with Crippen molar-refractivity contribution in [3.8, 4) is 17.6 Å². The number of aliphatic hydroxyl groups excluding tert-OH is 1. The number of anilines is 1. The first-order valence-electron chi connectivity index (χ1n) is 11.6. The van der Waals surface area contributed by atoms with Crippen LogP contribution in [0.2, 0.25) is 5.02 Å². The van der Waals surface area contributed by atoms with Gasteiger partial charge in [-0.3, -0.25) is 4.72 Å². The number of sulfonamides is 1. The lowest BCUT2D eigenvalue weighted by molar-refractivity contribution is 0.0705. The highest BCUT2D eigenvalue weighted by molar-refractivity contribution is 7.91. The summed E-state index contributed by atoms with van der Waals surface area (Å²) in [6, 6.07) is 14.8. The summed E-state index contributed by atoms with van der Waals surface area (Å²) in [7, 11) is -3.48. The van der Waals surface area contributed by atoms with E-state index in [1.54, 1.807) is 18.2 Å². The maximum Gasteiger partial charge on any atom is 0.236 e. The number of ether oxygens (including phenoxy) is 3. The van der Waals surface area contributed by atoms with Gasteiger partial charge in [-0.15, -0.1) is 0 Å². The van der Waals surface area contributed by atoms with Gasteiger partial charge in [0.15, 0.2) is 5.75 Å². The molecular formula is C26H29ClN4O6S. The Morgan fingerprint density at radius 3 is 2.47 bits per heavy atom. The first-order valence-corrected chi connectivity index (χ1v) is 13.9. The first kappa shape index (κ1) is 29.1. The molecule has 0 bridgehead atoms. The van der Waals surface area contributed by atoms with Crippen LogP contribution in [0, 0.1) is 11.3 Å². The smallest absolute Gasteiger partial charge is 0.236 e. The van der Waals surface area contributed by atoms with Gasteiger partial charge in [0.05, 0.1) is 42.4 Å². The zero-order valence-corrected chi connectivity index (χ0v) is 22.8. The molecule has 0 fully saturated rings. The molecule has 0 aliphatic rings. The predicted octanol–water partition coefficient (Wildman–Crippen LogP) is 3.67. The second-order valence-corrected chi connectivity index (χ2v) is 11.0. The van der Waals surface area contributed by atoms with E-state index in [1.165, 1.54) is 6.20 Å². The van der Waals surface area contributed by atoms with Crippen LogP contribution in [0.3, 0.4) is 0 Å². The van der Waals surface area contributed by atoms with Gasteiger partial charge in [-0.05, 0) is 41.5 Å². The monoisotopic (exact) mass is 560 g/mol. The van der Waals surface area contributed by atoms with Crippen LogP contribution < -0.4 is 14.2 Å². The van der Waals surface area contributed by atoms with Gasteiger partial charge in [0.1, 0.15) is 25.0 Å². The molecule has 3 aromatic rings. The lowest BCUT2D eigenvalue weighted by Crippen LogP contribution is -2.19. The normalized spacial score (nSPS) is 11.6. The minimum atomic E-state index is -3.48. The molecule has 0 amide bonds. The fourth-order valence-corrected chi connectivity index (χ4v) is 4.24. The topological polar surface area (TPSA) is 144 Å². The Balaban J connectivity index is 1.70. The Morgan fingerprint density at radius 1 is 1.08 bits per heavy atom. The number of benzene rings is 2. The molecule has 38 heavy (non-hydrogen) atoms. The molecule has 0 unspecified atom stereocenters. The summed E-state index contributed by atoms with van der Waals surface area (Å²) in [6.45, 7) is 4.77. The summed E-state index contributed by atoms with van der Waals surface area (Å²) in [5.74, 6) is 0.876. The largest absolute Gasteiger partial charge is 0.488 e. The Kier molecular flexibility index (Phi) is 9.88. The van der Waals surface area contributed by atoms with Gasteiger partial charge >= 0.3 is 0 Å². The van der Waals surface area contributed by atoms with Crippen LogP contribution in [0.4, 0.5) is 5.95 Å². The van der Waals surface area contributed by atoms with E-state index in [1.807, 2.05) is 38.1 Å². The van der Waals surface area contributed by atoms with E-state index in [4.69, 9.17) is 30.9 Å². The summed E-state index contributed by atoms with van der Waals surface area (Å²) >= 11 is 6.49. The first-order chi connectivity index (χ1) is 18.0. The van der Waals surface area contributed by atoms with Gasteiger partial charge in [0, 0.05) is 11.6 Å². The van der Waals surface area contributed by atoms with Crippen molar-refractivity contribution in [2.45, 2.75) is 25.9 Å². The number of aliphatic hydroxyl groups is 1. The highest BCUT2D eigenvalue weighted by Crippen LogP contribution is 2.38. The number of hydrogen-bond donors (Lipinski definition) is 2. The van der Waals surface area contributed by atoms with Crippen LogP contribution in [0.25, 0.3) is 0 Å². The van der Waals surface area contributed by atoms with E-state index in [9.17, 15) is 13.7 Å². The SMILES string of the molecule is CC(C)(c1ccc(OCc2ccnc(NS(C)(=O)=O)n2)cc1)c1cc(Cl)c(OCCOCCO)c(C#N)c1. The van der Waals surface area contributed by atoms with E-state index in [2.05, 4.69) is 20.8 Å². The van der Waals surface area contributed by atoms with Crippen LogP contribution in [-0.2, 0) is 26.8 Å². The zero-order chi connectivity index (χ0) is 27.8. The number of hydrogen-bond acceptors (Lipinski definition) is 9. The molecule has 1 aromatic heterocycles. The van der Waals surface area contributed by atoms with Crippen molar-refractivity contribution in [1.29, 1.82) is 5.26 Å². The van der Waals surface area contributed by atoms with Gasteiger partial charge in [-0.2, -0.15) is 5.26 Å². The quantitative estimate of drug-likeness (QED) is 0.299. The molecule has 202 valence electrons. The van der Waals surface area contributed by atoms with E-state index in [0.717, 1.165) is 17.4 Å². The highest BCUT2D eigenvalue weighted by Gasteiger charge is 2.26. The van der Waals surface area contributed by atoms with Gasteiger partial charge in [0.25, 0.3) is 0 Å². The Labute approximate surface area is 227 Å². The molecule has 0 saturated heterocycles. The molecule has 2 aromatic carbocycles. The molecule has 0 saturated carbocycles. The van der Waals surface area contributed by atoms with Crippen molar-refractivity contribution in [3.05, 3.63) is 76.1 Å². The van der Waals surface area contributed by atoms with Crippen molar-refractivity contribution in [3.63, 3.8) is 0 Å². The summed E-state index contributed by atoms with van der Waals surface area (Å²) in [6.07, 6.45) is 2.48. The highest BCUT2D eigenvalue weighted by atomic mass is 35.5. The molecule has 0 aliphatic carbocycles. The second-order valence-electron chi connectivity index (χ2n) is 8.81. The third-order valence-corrected chi connectivity index (χ3v) is 6.38. The van der Waals surface area contributed by atoms with Crippen molar-refractivity contribution >= 4 is 27.6 Å². The van der Waals surface area contributed by atoms with E-state index >= 15 is 0 Å². The molecule has 1 heterocycles. The summed E-state index contributed by atoms with van der Waals surface area (Å²) in [5, 5.41) is 18.8. The fraction of sp³-hybridized carbons (Fsp3) is 0.346. The van der Waals surface area contributed by atoms with E-state index in [0.29, 0.717) is 27.8 Å². The predicted molar refractivity (Wildman–Crippen MR) is 143 cm³/mol. The van der Waals surface area contributed by atoms with Crippen molar-refractivity contribution in [2.24, 2.45) is 0 Å². The molecule has 12 heteroatoms. The summed E-state index contributed by atoms with van der Waals surface area (Å²) < 4.78 is 41.7. The van der Waals surface area contributed by atoms with Gasteiger partial charge in [-0.1, -0.05) is 37.6 Å². The Hall–Kier alpha value is -3.43. The molecule has 10 nitrogen and oxygen atoms in total. The number of nitriles is 1. The minimum absolute atomic E-state index is 0.0208. The molecule has 0 atom stereocenters. The maximum absolute atomic E-state index is 11.4. The van der Waals surface area contributed by atoms with E-state index in [-0.39, 0.29) is 39.0 Å². The zero-order valence-electron chi connectivity index (χ0n) is 21.3. The minimum Gasteiger partial charge on any atom is -0.488 e. The Morgan fingerprint density at radius 2 is 1.82 bits per heavy atom. The van der Waals surface area contributed by atoms with Crippen LogP contribution in [0.15, 0.2) is 48.7 Å². The molecule has 0 radical (unpaired) electrons.